The van der Waals surface area contributed by atoms with E-state index in [1.807, 2.05) is 13.8 Å². The summed E-state index contributed by atoms with van der Waals surface area (Å²) < 4.78 is 5.19. The monoisotopic (exact) mass is 200 g/mol. The Bertz CT molecular complexity index is 175. The van der Waals surface area contributed by atoms with E-state index in [2.05, 4.69) is 5.32 Å². The maximum atomic E-state index is 11.4. The maximum absolute atomic E-state index is 11.4. The summed E-state index contributed by atoms with van der Waals surface area (Å²) >= 11 is 0. The molecule has 14 heavy (non-hydrogen) atoms. The van der Waals surface area contributed by atoms with Gasteiger partial charge in [0.15, 0.2) is 0 Å². The third-order valence-electron chi connectivity index (χ3n) is 2.59. The Morgan fingerprint density at radius 3 is 2.71 bits per heavy atom. The van der Waals surface area contributed by atoms with E-state index in [4.69, 9.17) is 4.74 Å². The third kappa shape index (κ3) is 3.18. The van der Waals surface area contributed by atoms with Gasteiger partial charge in [-0.25, -0.2) is 4.79 Å². The molecule has 0 aliphatic carbocycles. The molecular formula is C10H20N2O2. The van der Waals surface area contributed by atoms with E-state index >= 15 is 0 Å². The fourth-order valence-corrected chi connectivity index (χ4v) is 1.64. The highest BCUT2D eigenvalue weighted by atomic mass is 16.6. The molecule has 1 fully saturated rings. The summed E-state index contributed by atoms with van der Waals surface area (Å²) in [4.78, 5) is 13.1. The van der Waals surface area contributed by atoms with E-state index in [1.54, 1.807) is 4.90 Å². The Morgan fingerprint density at radius 1 is 1.50 bits per heavy atom. The summed E-state index contributed by atoms with van der Waals surface area (Å²) in [6, 6.07) is 0.370. The van der Waals surface area contributed by atoms with Gasteiger partial charge in [0.25, 0.3) is 0 Å². The lowest BCUT2D eigenvalue weighted by molar-refractivity contribution is 0.0984. The molecule has 4 heteroatoms. The largest absolute Gasteiger partial charge is 0.448 e. The van der Waals surface area contributed by atoms with Crippen molar-refractivity contribution in [2.45, 2.75) is 32.7 Å². The Kier molecular flexibility index (Phi) is 4.73. The van der Waals surface area contributed by atoms with Crippen LogP contribution in [0.2, 0.25) is 0 Å². The first kappa shape index (κ1) is 11.3. The second-order valence-corrected chi connectivity index (χ2v) is 3.54. The lowest BCUT2D eigenvalue weighted by Gasteiger charge is -2.19. The van der Waals surface area contributed by atoms with Gasteiger partial charge in [0, 0.05) is 19.1 Å². The Balaban J connectivity index is 2.18. The van der Waals surface area contributed by atoms with Gasteiger partial charge in [-0.2, -0.15) is 0 Å². The van der Waals surface area contributed by atoms with Crippen LogP contribution in [0.4, 0.5) is 4.79 Å². The topological polar surface area (TPSA) is 41.6 Å². The Hall–Kier alpha value is -0.770. The van der Waals surface area contributed by atoms with Crippen molar-refractivity contribution in [3.63, 3.8) is 0 Å². The minimum absolute atomic E-state index is 0.191. The van der Waals surface area contributed by atoms with Gasteiger partial charge in [-0.1, -0.05) is 0 Å². The highest BCUT2D eigenvalue weighted by Crippen LogP contribution is 2.05. The molecule has 1 aliphatic rings. The highest BCUT2D eigenvalue weighted by molar-refractivity contribution is 5.67. The second kappa shape index (κ2) is 5.86. The van der Waals surface area contributed by atoms with Gasteiger partial charge in [-0.05, 0) is 33.2 Å². The first-order chi connectivity index (χ1) is 6.77. The number of nitrogens with zero attached hydrogens (tertiary/aromatic N) is 1. The van der Waals surface area contributed by atoms with Crippen LogP contribution in [0.5, 0.6) is 0 Å². The minimum Gasteiger partial charge on any atom is -0.448 e. The number of hydrogen-bond donors (Lipinski definition) is 1. The predicted octanol–water partition coefficient (Wildman–Crippen LogP) is 1.22. The lowest BCUT2D eigenvalue weighted by Crippen LogP contribution is -2.35. The van der Waals surface area contributed by atoms with E-state index in [-0.39, 0.29) is 6.09 Å². The normalized spacial score (nSPS) is 20.9. The summed E-state index contributed by atoms with van der Waals surface area (Å²) in [5, 5.41) is 3.29. The van der Waals surface area contributed by atoms with Crippen molar-refractivity contribution in [1.82, 2.24) is 10.2 Å². The molecule has 0 aromatic heterocycles. The molecule has 1 atom stereocenters. The van der Waals surface area contributed by atoms with Gasteiger partial charge in [-0.3, -0.25) is 0 Å². The summed E-state index contributed by atoms with van der Waals surface area (Å²) in [5.41, 5.74) is 0. The molecule has 82 valence electrons. The van der Waals surface area contributed by atoms with E-state index in [1.165, 1.54) is 6.42 Å². The van der Waals surface area contributed by atoms with E-state index in [0.717, 1.165) is 13.0 Å². The van der Waals surface area contributed by atoms with Crippen LogP contribution in [-0.2, 0) is 4.74 Å². The quantitative estimate of drug-likeness (QED) is 0.742. The standard InChI is InChI=1S/C10H20N2O2/c1-3-12(4-2)10(13)14-8-9-6-5-7-11-9/h9,11H,3-8H2,1-2H3. The first-order valence-electron chi connectivity index (χ1n) is 5.43. The van der Waals surface area contributed by atoms with Crippen LogP contribution in [0.25, 0.3) is 0 Å². The van der Waals surface area contributed by atoms with Crippen molar-refractivity contribution >= 4 is 6.09 Å². The number of hydrogen-bond acceptors (Lipinski definition) is 3. The molecule has 1 N–H and O–H groups in total. The SMILES string of the molecule is CCN(CC)C(=O)OCC1CCCN1. The first-order valence-corrected chi connectivity index (χ1v) is 5.43. The van der Waals surface area contributed by atoms with Crippen molar-refractivity contribution < 1.29 is 9.53 Å². The van der Waals surface area contributed by atoms with E-state index < -0.39 is 0 Å². The molecular weight excluding hydrogens is 180 g/mol. The molecule has 1 unspecified atom stereocenters. The van der Waals surface area contributed by atoms with Gasteiger partial charge < -0.3 is 15.0 Å². The molecule has 0 saturated carbocycles. The molecule has 0 aromatic rings. The third-order valence-corrected chi connectivity index (χ3v) is 2.59. The van der Waals surface area contributed by atoms with Gasteiger partial charge >= 0.3 is 6.09 Å². The molecule has 0 bridgehead atoms. The average Bonchev–Trinajstić information content (AvgIpc) is 2.69. The van der Waals surface area contributed by atoms with E-state index in [9.17, 15) is 4.79 Å². The maximum Gasteiger partial charge on any atom is 0.409 e. The van der Waals surface area contributed by atoms with Crippen molar-refractivity contribution in [3.8, 4) is 0 Å². The summed E-state index contributed by atoms with van der Waals surface area (Å²) in [5.74, 6) is 0. The number of ether oxygens (including phenoxy) is 1. The van der Waals surface area contributed by atoms with Crippen molar-refractivity contribution in [2.75, 3.05) is 26.2 Å². The molecule has 0 radical (unpaired) electrons. The minimum atomic E-state index is -0.191. The van der Waals surface area contributed by atoms with Crippen LogP contribution in [0, 0.1) is 0 Å². The molecule has 1 saturated heterocycles. The molecule has 0 spiro atoms. The summed E-state index contributed by atoms with van der Waals surface area (Å²) in [7, 11) is 0. The number of rotatable bonds is 4. The Morgan fingerprint density at radius 2 is 2.21 bits per heavy atom. The zero-order valence-corrected chi connectivity index (χ0v) is 9.08. The van der Waals surface area contributed by atoms with Gasteiger partial charge in [0.1, 0.15) is 6.61 Å². The Labute approximate surface area is 85.6 Å². The number of nitrogens with one attached hydrogen (secondary N) is 1. The number of carbonyl (C=O) groups excluding carboxylic acids is 1. The van der Waals surface area contributed by atoms with Gasteiger partial charge in [-0.15, -0.1) is 0 Å². The smallest absolute Gasteiger partial charge is 0.409 e. The zero-order valence-electron chi connectivity index (χ0n) is 9.08. The zero-order chi connectivity index (χ0) is 10.4. The van der Waals surface area contributed by atoms with Crippen LogP contribution >= 0.6 is 0 Å². The van der Waals surface area contributed by atoms with Crippen LogP contribution in [0.1, 0.15) is 26.7 Å². The number of carbonyl (C=O) groups is 1. The number of amides is 1. The van der Waals surface area contributed by atoms with Gasteiger partial charge in [0.05, 0.1) is 0 Å². The van der Waals surface area contributed by atoms with Crippen LogP contribution in [0.3, 0.4) is 0 Å². The molecule has 1 rings (SSSR count). The lowest BCUT2D eigenvalue weighted by atomic mass is 10.2. The average molecular weight is 200 g/mol. The molecule has 1 aliphatic heterocycles. The van der Waals surface area contributed by atoms with Crippen molar-refractivity contribution in [3.05, 3.63) is 0 Å². The molecule has 1 amide bonds. The van der Waals surface area contributed by atoms with Crippen molar-refractivity contribution in [1.29, 1.82) is 0 Å². The summed E-state index contributed by atoms with van der Waals surface area (Å²) in [6.45, 7) is 6.90. The van der Waals surface area contributed by atoms with Crippen molar-refractivity contribution in [2.24, 2.45) is 0 Å². The van der Waals surface area contributed by atoms with Gasteiger partial charge in [0.2, 0.25) is 0 Å². The fourth-order valence-electron chi connectivity index (χ4n) is 1.64. The molecule has 4 nitrogen and oxygen atoms in total. The summed E-state index contributed by atoms with van der Waals surface area (Å²) in [6.07, 6.45) is 2.11. The molecule has 1 heterocycles. The predicted molar refractivity (Wildman–Crippen MR) is 55.3 cm³/mol. The van der Waals surface area contributed by atoms with Crippen LogP contribution in [-0.4, -0.2) is 43.3 Å². The molecule has 0 aromatic carbocycles. The van der Waals surface area contributed by atoms with Crippen LogP contribution in [0.15, 0.2) is 0 Å². The fraction of sp³-hybridized carbons (Fsp3) is 0.900. The van der Waals surface area contributed by atoms with Crippen LogP contribution < -0.4 is 5.32 Å². The van der Waals surface area contributed by atoms with E-state index in [0.29, 0.717) is 25.7 Å². The highest BCUT2D eigenvalue weighted by Gasteiger charge is 2.17. The second-order valence-electron chi connectivity index (χ2n) is 3.54.